The highest BCUT2D eigenvalue weighted by molar-refractivity contribution is 8.34. The maximum atomic E-state index is 9.80. The maximum Gasteiger partial charge on any atom is 0.507 e. The van der Waals surface area contributed by atoms with E-state index in [-0.39, 0.29) is 0 Å². The molecule has 0 heterocycles. The van der Waals surface area contributed by atoms with Crippen LogP contribution in [0.25, 0.3) is 0 Å². The van der Waals surface area contributed by atoms with Gasteiger partial charge in [-0.2, -0.15) is 5.26 Å². The molecule has 4 nitrogen and oxygen atoms in total. The number of thiol groups is 2. The van der Waals surface area contributed by atoms with Crippen LogP contribution in [0.15, 0.2) is 0 Å². The van der Waals surface area contributed by atoms with Crippen LogP contribution in [0.3, 0.4) is 0 Å². The SMILES string of the molecule is CC(C)(C#N)OC(=O)O.S=C(S)S. The van der Waals surface area contributed by atoms with Crippen molar-refractivity contribution in [2.45, 2.75) is 19.4 Å². The molecule has 0 aliphatic heterocycles. The minimum Gasteiger partial charge on any atom is -0.450 e. The number of nitriles is 1. The lowest BCUT2D eigenvalue weighted by Crippen LogP contribution is -2.24. The first-order valence-corrected chi connectivity index (χ1v) is 4.26. The first-order valence-electron chi connectivity index (χ1n) is 2.96. The molecule has 0 unspecified atom stereocenters. The highest BCUT2D eigenvalue weighted by atomic mass is 32.2. The first-order chi connectivity index (χ1) is 5.71. The van der Waals surface area contributed by atoms with Gasteiger partial charge >= 0.3 is 6.16 Å². The number of nitrogens with zero attached hydrogens (tertiary/aromatic N) is 1. The molecule has 1 N–H and O–H groups in total. The summed E-state index contributed by atoms with van der Waals surface area (Å²) in [4.78, 5) is 9.80. The molecule has 0 aliphatic rings. The smallest absolute Gasteiger partial charge is 0.450 e. The molecule has 13 heavy (non-hydrogen) atoms. The summed E-state index contributed by atoms with van der Waals surface area (Å²) in [5, 5.41) is 16.2. The third-order valence-electron chi connectivity index (χ3n) is 0.612. The van der Waals surface area contributed by atoms with E-state index in [1.54, 1.807) is 6.07 Å². The molecule has 0 aromatic rings. The summed E-state index contributed by atoms with van der Waals surface area (Å²) in [6, 6.07) is 1.67. The van der Waals surface area contributed by atoms with Crippen LogP contribution in [0.1, 0.15) is 13.8 Å². The molecule has 0 aromatic carbocycles. The second-order valence-corrected chi connectivity index (χ2v) is 4.53. The Morgan fingerprint density at radius 1 is 1.62 bits per heavy atom. The van der Waals surface area contributed by atoms with Gasteiger partial charge in [-0.15, -0.1) is 25.3 Å². The first kappa shape index (κ1) is 15.0. The minimum atomic E-state index is -1.43. The third-order valence-corrected chi connectivity index (χ3v) is 0.612. The standard InChI is InChI=1S/C5H7NO3.CH2S3/c1-5(2,3-6)9-4(7)8;2-1(3)4/h1-2H3,(H,7,8);(H2,2,3,4). The normalized spacial score (nSPS) is 8.85. The van der Waals surface area contributed by atoms with Gasteiger partial charge in [0.25, 0.3) is 0 Å². The number of hydrogen-bond acceptors (Lipinski definition) is 4. The van der Waals surface area contributed by atoms with Crippen molar-refractivity contribution >= 4 is 47.2 Å². The van der Waals surface area contributed by atoms with E-state index in [1.165, 1.54) is 13.8 Å². The number of thiocarbonyl (C=S) groups is 1. The van der Waals surface area contributed by atoms with Crippen molar-refractivity contribution in [3.63, 3.8) is 0 Å². The largest absolute Gasteiger partial charge is 0.507 e. The number of carbonyl (C=O) groups is 1. The number of rotatable bonds is 1. The minimum absolute atomic E-state index is 0.389. The van der Waals surface area contributed by atoms with Crippen LogP contribution >= 0.6 is 37.5 Å². The molecule has 0 aromatic heterocycles. The highest BCUT2D eigenvalue weighted by Crippen LogP contribution is 2.05. The fourth-order valence-electron chi connectivity index (χ4n) is 0.241. The van der Waals surface area contributed by atoms with Gasteiger partial charge in [0.15, 0.2) is 5.60 Å². The van der Waals surface area contributed by atoms with Crippen LogP contribution in [0.4, 0.5) is 4.79 Å². The Balaban J connectivity index is 0. The average Bonchev–Trinajstić information content (AvgIpc) is 1.83. The Hall–Kier alpha value is -0.450. The third kappa shape index (κ3) is 18.5. The summed E-state index contributed by atoms with van der Waals surface area (Å²) >= 11 is 11.4. The van der Waals surface area contributed by atoms with Crippen LogP contribution in [-0.4, -0.2) is 20.4 Å². The van der Waals surface area contributed by atoms with Gasteiger partial charge in [-0.3, -0.25) is 0 Å². The van der Waals surface area contributed by atoms with E-state index >= 15 is 0 Å². The second-order valence-electron chi connectivity index (χ2n) is 2.27. The molecule has 74 valence electrons. The Kier molecular flexibility index (Phi) is 8.10. The molecule has 0 radical (unpaired) electrons. The molecule has 0 saturated heterocycles. The molecular weight excluding hydrogens is 230 g/mol. The summed E-state index contributed by atoms with van der Waals surface area (Å²) in [5.41, 5.74) is -1.23. The Bertz CT molecular complexity index is 230. The van der Waals surface area contributed by atoms with E-state index in [1.807, 2.05) is 0 Å². The van der Waals surface area contributed by atoms with Crippen LogP contribution in [0, 0.1) is 11.3 Å². The van der Waals surface area contributed by atoms with Crippen LogP contribution in [0.2, 0.25) is 0 Å². The number of carboxylic acid groups (broad SMARTS) is 1. The fourth-order valence-corrected chi connectivity index (χ4v) is 0.241. The van der Waals surface area contributed by atoms with Crippen LogP contribution in [0.5, 0.6) is 0 Å². The van der Waals surface area contributed by atoms with E-state index in [4.69, 9.17) is 10.4 Å². The second kappa shape index (κ2) is 7.00. The lowest BCUT2D eigenvalue weighted by Gasteiger charge is -2.12. The molecule has 0 aliphatic carbocycles. The monoisotopic (exact) mass is 239 g/mol. The molecular formula is C6H9NO3S3. The van der Waals surface area contributed by atoms with Gasteiger partial charge in [0, 0.05) is 0 Å². The maximum absolute atomic E-state index is 9.80. The zero-order chi connectivity index (χ0) is 11.1. The van der Waals surface area contributed by atoms with Crippen LogP contribution < -0.4 is 0 Å². The van der Waals surface area contributed by atoms with Gasteiger partial charge in [-0.05, 0) is 13.8 Å². The molecule has 0 fully saturated rings. The van der Waals surface area contributed by atoms with Crippen molar-refractivity contribution in [3.05, 3.63) is 0 Å². The summed E-state index contributed by atoms with van der Waals surface area (Å²) < 4.78 is 4.53. The zero-order valence-corrected chi connectivity index (χ0v) is 9.62. The van der Waals surface area contributed by atoms with Gasteiger partial charge in [-0.25, -0.2) is 4.79 Å². The van der Waals surface area contributed by atoms with E-state index in [9.17, 15) is 4.79 Å². The van der Waals surface area contributed by atoms with Crippen LogP contribution in [-0.2, 0) is 4.74 Å². The van der Waals surface area contributed by atoms with Crippen molar-refractivity contribution in [1.82, 2.24) is 0 Å². The average molecular weight is 239 g/mol. The van der Waals surface area contributed by atoms with Gasteiger partial charge in [0.1, 0.15) is 6.07 Å². The molecule has 0 bridgehead atoms. The Morgan fingerprint density at radius 3 is 2.00 bits per heavy atom. The van der Waals surface area contributed by atoms with Gasteiger partial charge in [0.05, 0.1) is 3.53 Å². The topological polar surface area (TPSA) is 70.3 Å². The molecule has 7 heteroatoms. The van der Waals surface area contributed by atoms with E-state index in [0.29, 0.717) is 3.53 Å². The van der Waals surface area contributed by atoms with E-state index in [0.717, 1.165) is 0 Å². The predicted molar refractivity (Wildman–Crippen MR) is 59.4 cm³/mol. The molecule has 0 atom stereocenters. The molecule has 0 saturated carbocycles. The van der Waals surface area contributed by atoms with Gasteiger partial charge < -0.3 is 9.84 Å². The highest BCUT2D eigenvalue weighted by Gasteiger charge is 2.20. The van der Waals surface area contributed by atoms with Gasteiger partial charge in [-0.1, -0.05) is 12.2 Å². The lowest BCUT2D eigenvalue weighted by atomic mass is 10.2. The van der Waals surface area contributed by atoms with Crippen molar-refractivity contribution in [3.8, 4) is 6.07 Å². The molecule has 0 amide bonds. The molecule has 0 spiro atoms. The summed E-state index contributed by atoms with van der Waals surface area (Å²) in [6.45, 7) is 2.75. The fraction of sp³-hybridized carbons (Fsp3) is 0.500. The Morgan fingerprint density at radius 2 is 1.92 bits per heavy atom. The van der Waals surface area contributed by atoms with Crippen molar-refractivity contribution in [1.29, 1.82) is 5.26 Å². The summed E-state index contributed by atoms with van der Waals surface area (Å²) in [7, 11) is 0. The van der Waals surface area contributed by atoms with E-state index < -0.39 is 11.8 Å². The number of hydrogen-bond donors (Lipinski definition) is 3. The van der Waals surface area contributed by atoms with Crippen molar-refractivity contribution in [2.24, 2.45) is 0 Å². The predicted octanol–water partition coefficient (Wildman–Crippen LogP) is 2.11. The number of ether oxygens (including phenoxy) is 1. The van der Waals surface area contributed by atoms with Crippen molar-refractivity contribution < 1.29 is 14.6 Å². The summed E-state index contributed by atoms with van der Waals surface area (Å²) in [5.74, 6) is 0. The molecule has 0 rings (SSSR count). The van der Waals surface area contributed by atoms with Crippen molar-refractivity contribution in [2.75, 3.05) is 0 Å². The lowest BCUT2D eigenvalue weighted by molar-refractivity contribution is 0.0345. The summed E-state index contributed by atoms with van der Waals surface area (Å²) in [6.07, 6.45) is -1.43. The quantitative estimate of drug-likeness (QED) is 0.371. The van der Waals surface area contributed by atoms with E-state index in [2.05, 4.69) is 42.2 Å². The van der Waals surface area contributed by atoms with Gasteiger partial charge in [0.2, 0.25) is 0 Å². The Labute approximate surface area is 92.7 Å². The zero-order valence-electron chi connectivity index (χ0n) is 7.01.